The average Bonchev–Trinajstić information content (AvgIpc) is 3.07. The van der Waals surface area contributed by atoms with E-state index in [-0.39, 0.29) is 17.9 Å². The Kier molecular flexibility index (Phi) is 5.65. The van der Waals surface area contributed by atoms with Crippen LogP contribution in [0.25, 0.3) is 0 Å². The Bertz CT molecular complexity index is 508. The number of ether oxygens (including phenoxy) is 2. The van der Waals surface area contributed by atoms with Gasteiger partial charge in [0.05, 0.1) is 25.2 Å². The maximum atomic E-state index is 12.0. The van der Waals surface area contributed by atoms with E-state index in [1.54, 1.807) is 7.05 Å². The molecule has 0 spiro atoms. The Balaban J connectivity index is 1.49. The molecule has 5 heteroatoms. The van der Waals surface area contributed by atoms with Crippen molar-refractivity contribution in [3.8, 4) is 0 Å². The van der Waals surface area contributed by atoms with Gasteiger partial charge in [-0.1, -0.05) is 30.3 Å². The van der Waals surface area contributed by atoms with Crippen molar-refractivity contribution in [1.29, 1.82) is 0 Å². The van der Waals surface area contributed by atoms with Crippen LogP contribution in [0, 0.1) is 5.92 Å². The molecule has 3 atom stereocenters. The second-order valence-corrected chi connectivity index (χ2v) is 6.35. The summed E-state index contributed by atoms with van der Waals surface area (Å²) in [5, 5.41) is 2.77. The topological polar surface area (TPSA) is 50.8 Å². The lowest BCUT2D eigenvalue weighted by Crippen LogP contribution is -2.53. The Morgan fingerprint density at radius 1 is 1.39 bits per heavy atom. The SMILES string of the molecule is CNC(=O)[C@H]1C[C@@H]2OCC[C@@H]2N(CCOCc2ccccc2)C1. The smallest absolute Gasteiger partial charge is 0.224 e. The first-order chi connectivity index (χ1) is 11.3. The first kappa shape index (κ1) is 16.4. The van der Waals surface area contributed by atoms with Crippen LogP contribution in [0.2, 0.25) is 0 Å². The first-order valence-corrected chi connectivity index (χ1v) is 8.47. The number of nitrogens with zero attached hydrogens (tertiary/aromatic N) is 1. The van der Waals surface area contributed by atoms with Crippen LogP contribution in [0.1, 0.15) is 18.4 Å². The summed E-state index contributed by atoms with van der Waals surface area (Å²) in [5.41, 5.74) is 1.19. The summed E-state index contributed by atoms with van der Waals surface area (Å²) in [4.78, 5) is 14.4. The number of carbonyl (C=O) groups excluding carboxylic acids is 1. The van der Waals surface area contributed by atoms with Crippen molar-refractivity contribution in [1.82, 2.24) is 10.2 Å². The maximum Gasteiger partial charge on any atom is 0.224 e. The molecule has 0 aliphatic carbocycles. The quantitative estimate of drug-likeness (QED) is 0.806. The van der Waals surface area contributed by atoms with Crippen molar-refractivity contribution >= 4 is 5.91 Å². The molecular formula is C18H26N2O3. The van der Waals surface area contributed by atoms with Crippen LogP contribution in [0.5, 0.6) is 0 Å². The predicted molar refractivity (Wildman–Crippen MR) is 88.0 cm³/mol. The van der Waals surface area contributed by atoms with E-state index in [0.717, 1.165) is 32.5 Å². The van der Waals surface area contributed by atoms with Crippen molar-refractivity contribution in [2.24, 2.45) is 5.92 Å². The van der Waals surface area contributed by atoms with Gasteiger partial charge in [-0.3, -0.25) is 9.69 Å². The highest BCUT2D eigenvalue weighted by molar-refractivity contribution is 5.78. The minimum absolute atomic E-state index is 0.0217. The fraction of sp³-hybridized carbons (Fsp3) is 0.611. The highest BCUT2D eigenvalue weighted by Gasteiger charge is 2.41. The molecule has 2 heterocycles. The molecule has 1 aromatic rings. The Morgan fingerprint density at radius 2 is 2.22 bits per heavy atom. The number of amides is 1. The van der Waals surface area contributed by atoms with Crippen LogP contribution in [0.15, 0.2) is 30.3 Å². The molecule has 0 saturated carbocycles. The van der Waals surface area contributed by atoms with Crippen molar-refractivity contribution in [2.45, 2.75) is 31.6 Å². The molecule has 3 rings (SSSR count). The third-order valence-corrected chi connectivity index (χ3v) is 4.87. The van der Waals surface area contributed by atoms with E-state index >= 15 is 0 Å². The summed E-state index contributed by atoms with van der Waals surface area (Å²) in [7, 11) is 1.71. The maximum absolute atomic E-state index is 12.0. The van der Waals surface area contributed by atoms with Crippen LogP contribution in [0.4, 0.5) is 0 Å². The zero-order valence-electron chi connectivity index (χ0n) is 13.7. The van der Waals surface area contributed by atoms with Crippen LogP contribution >= 0.6 is 0 Å². The van der Waals surface area contributed by atoms with Gasteiger partial charge in [-0.25, -0.2) is 0 Å². The lowest BCUT2D eigenvalue weighted by Gasteiger charge is -2.40. The van der Waals surface area contributed by atoms with Gasteiger partial charge in [0.1, 0.15) is 0 Å². The largest absolute Gasteiger partial charge is 0.377 e. The number of hydrogen-bond donors (Lipinski definition) is 1. The molecule has 0 unspecified atom stereocenters. The molecular weight excluding hydrogens is 292 g/mol. The summed E-state index contributed by atoms with van der Waals surface area (Å²) in [6, 6.07) is 10.6. The Hall–Kier alpha value is -1.43. The second kappa shape index (κ2) is 7.90. The highest BCUT2D eigenvalue weighted by atomic mass is 16.5. The van der Waals surface area contributed by atoms with Gasteiger partial charge < -0.3 is 14.8 Å². The molecule has 0 aromatic heterocycles. The summed E-state index contributed by atoms with van der Waals surface area (Å²) in [6.07, 6.45) is 2.09. The lowest BCUT2D eigenvalue weighted by molar-refractivity contribution is -0.129. The molecule has 2 saturated heterocycles. The molecule has 5 nitrogen and oxygen atoms in total. The molecule has 1 amide bonds. The number of benzene rings is 1. The van der Waals surface area contributed by atoms with Crippen LogP contribution in [0.3, 0.4) is 0 Å². The standard InChI is InChI=1S/C18H26N2O3/c1-19-18(21)15-11-17-16(7-9-23-17)20(12-15)8-10-22-13-14-5-3-2-4-6-14/h2-6,15-17H,7-13H2,1H3,(H,19,21)/t15-,16-,17-/m0/s1. The Morgan fingerprint density at radius 3 is 3.00 bits per heavy atom. The number of fused-ring (bicyclic) bond motifs is 1. The minimum atomic E-state index is 0.0217. The van der Waals surface area contributed by atoms with Crippen molar-refractivity contribution in [2.75, 3.05) is 33.4 Å². The fourth-order valence-electron chi connectivity index (χ4n) is 3.65. The van der Waals surface area contributed by atoms with Crippen LogP contribution < -0.4 is 5.32 Å². The summed E-state index contributed by atoms with van der Waals surface area (Å²) >= 11 is 0. The molecule has 0 radical (unpaired) electrons. The van der Waals surface area contributed by atoms with Crippen molar-refractivity contribution < 1.29 is 14.3 Å². The molecule has 2 aliphatic rings. The van der Waals surface area contributed by atoms with Gasteiger partial charge in [-0.15, -0.1) is 0 Å². The monoisotopic (exact) mass is 318 g/mol. The van der Waals surface area contributed by atoms with Gasteiger partial charge in [-0.2, -0.15) is 0 Å². The number of piperidine rings is 1. The number of nitrogens with one attached hydrogen (secondary N) is 1. The number of rotatable bonds is 6. The zero-order chi connectivity index (χ0) is 16.1. The summed E-state index contributed by atoms with van der Waals surface area (Å²) in [5.74, 6) is 0.141. The van der Waals surface area contributed by atoms with Crippen LogP contribution in [-0.4, -0.2) is 56.3 Å². The van der Waals surface area contributed by atoms with Gasteiger partial charge in [-0.05, 0) is 18.4 Å². The van der Waals surface area contributed by atoms with Crippen LogP contribution in [-0.2, 0) is 20.9 Å². The van der Waals surface area contributed by atoms with E-state index in [4.69, 9.17) is 9.47 Å². The van der Waals surface area contributed by atoms with Crippen molar-refractivity contribution in [3.05, 3.63) is 35.9 Å². The average molecular weight is 318 g/mol. The first-order valence-electron chi connectivity index (χ1n) is 8.47. The normalized spacial score (nSPS) is 27.6. The van der Waals surface area contributed by atoms with E-state index in [9.17, 15) is 4.79 Å². The predicted octanol–water partition coefficient (Wildman–Crippen LogP) is 1.43. The highest BCUT2D eigenvalue weighted by Crippen LogP contribution is 2.31. The van der Waals surface area contributed by atoms with E-state index in [1.807, 2.05) is 18.2 Å². The number of hydrogen-bond acceptors (Lipinski definition) is 4. The lowest BCUT2D eigenvalue weighted by atomic mass is 9.89. The van der Waals surface area contributed by atoms with E-state index in [0.29, 0.717) is 19.3 Å². The van der Waals surface area contributed by atoms with E-state index in [2.05, 4.69) is 22.3 Å². The second-order valence-electron chi connectivity index (χ2n) is 6.35. The zero-order valence-corrected chi connectivity index (χ0v) is 13.7. The molecule has 23 heavy (non-hydrogen) atoms. The summed E-state index contributed by atoms with van der Waals surface area (Å²) in [6.45, 7) is 3.78. The minimum Gasteiger partial charge on any atom is -0.377 e. The van der Waals surface area contributed by atoms with E-state index in [1.165, 1.54) is 5.56 Å². The molecule has 2 aliphatic heterocycles. The van der Waals surface area contributed by atoms with Gasteiger partial charge in [0.15, 0.2) is 0 Å². The number of likely N-dealkylation sites (tertiary alicyclic amines) is 1. The Labute approximate surface area is 137 Å². The van der Waals surface area contributed by atoms with Gasteiger partial charge in [0.2, 0.25) is 5.91 Å². The molecule has 2 fully saturated rings. The molecule has 126 valence electrons. The van der Waals surface area contributed by atoms with Gasteiger partial charge in [0.25, 0.3) is 0 Å². The van der Waals surface area contributed by atoms with Crippen molar-refractivity contribution in [3.63, 3.8) is 0 Å². The van der Waals surface area contributed by atoms with Gasteiger partial charge in [0, 0.05) is 32.8 Å². The fourth-order valence-corrected chi connectivity index (χ4v) is 3.65. The van der Waals surface area contributed by atoms with E-state index < -0.39 is 0 Å². The summed E-state index contributed by atoms with van der Waals surface area (Å²) < 4.78 is 11.6. The molecule has 1 aromatic carbocycles. The third-order valence-electron chi connectivity index (χ3n) is 4.87. The third kappa shape index (κ3) is 4.10. The number of carbonyl (C=O) groups is 1. The molecule has 0 bridgehead atoms. The van der Waals surface area contributed by atoms with Gasteiger partial charge >= 0.3 is 0 Å². The molecule has 1 N–H and O–H groups in total.